The van der Waals surface area contributed by atoms with Crippen molar-refractivity contribution in [3.63, 3.8) is 0 Å². The molecule has 1 heterocycles. The van der Waals surface area contributed by atoms with Crippen molar-refractivity contribution in [1.29, 1.82) is 0 Å². The Kier molecular flexibility index (Phi) is 6.54. The fraction of sp³-hybridized carbons (Fsp3) is 0.185. The van der Waals surface area contributed by atoms with Crippen molar-refractivity contribution >= 4 is 5.91 Å². The summed E-state index contributed by atoms with van der Waals surface area (Å²) in [4.78, 5) is 39.8. The maximum absolute atomic E-state index is 13.4. The normalized spacial score (nSPS) is 11.7. The van der Waals surface area contributed by atoms with Gasteiger partial charge in [0.05, 0.1) is 18.3 Å². The molecule has 34 heavy (non-hydrogen) atoms. The molecule has 1 aromatic heterocycles. The molecule has 1 atom stereocenters. The van der Waals surface area contributed by atoms with E-state index in [0.717, 1.165) is 31.5 Å². The lowest BCUT2D eigenvalue weighted by molar-refractivity contribution is 0.0930. The third-order valence-electron chi connectivity index (χ3n) is 5.56. The maximum Gasteiger partial charge on any atom is 0.352 e. The van der Waals surface area contributed by atoms with Gasteiger partial charge in [-0.25, -0.2) is 4.79 Å². The first kappa shape index (κ1) is 22.9. The molecule has 4 aromatic rings. The Morgan fingerprint density at radius 2 is 1.50 bits per heavy atom. The molecule has 7 heteroatoms. The van der Waals surface area contributed by atoms with E-state index in [1.807, 2.05) is 87.5 Å². The molecule has 0 aliphatic carbocycles. The molecule has 0 unspecified atom stereocenters. The molecular formula is C27H26N4O3. The summed E-state index contributed by atoms with van der Waals surface area (Å²) < 4.78 is 2.19. The van der Waals surface area contributed by atoms with Gasteiger partial charge >= 0.3 is 5.69 Å². The molecule has 1 amide bonds. The lowest BCUT2D eigenvalue weighted by atomic mass is 10.1. The van der Waals surface area contributed by atoms with Crippen LogP contribution >= 0.6 is 0 Å². The summed E-state index contributed by atoms with van der Waals surface area (Å²) >= 11 is 0. The summed E-state index contributed by atoms with van der Waals surface area (Å²) in [5.41, 5.74) is 2.36. The summed E-state index contributed by atoms with van der Waals surface area (Å²) in [5.74, 6) is -0.638. The molecule has 0 saturated heterocycles. The highest BCUT2D eigenvalue weighted by Gasteiger charge is 2.22. The van der Waals surface area contributed by atoms with Crippen LogP contribution in [0, 0.1) is 13.8 Å². The van der Waals surface area contributed by atoms with Crippen LogP contribution in [-0.2, 0) is 6.54 Å². The van der Waals surface area contributed by atoms with Gasteiger partial charge in [-0.2, -0.15) is 9.78 Å². The summed E-state index contributed by atoms with van der Waals surface area (Å²) in [5, 5.41) is 7.07. The minimum Gasteiger partial charge on any atom is -0.344 e. The quantitative estimate of drug-likeness (QED) is 0.483. The molecule has 0 aliphatic rings. The maximum atomic E-state index is 13.4. The van der Waals surface area contributed by atoms with Crippen molar-refractivity contribution in [3.8, 4) is 5.69 Å². The predicted molar refractivity (Wildman–Crippen MR) is 131 cm³/mol. The molecule has 7 nitrogen and oxygen atoms in total. The number of carbonyl (C=O) groups excluding carboxylic acids is 1. The van der Waals surface area contributed by atoms with Gasteiger partial charge in [-0.1, -0.05) is 66.7 Å². The Hall–Kier alpha value is -4.26. The van der Waals surface area contributed by atoms with E-state index < -0.39 is 17.2 Å². The number of carbonyl (C=O) groups is 1. The molecule has 0 bridgehead atoms. The number of amides is 1. The molecule has 172 valence electrons. The molecule has 0 fully saturated rings. The number of nitrogens with one attached hydrogen (secondary N) is 1. The van der Waals surface area contributed by atoms with Gasteiger partial charge in [-0.3, -0.25) is 14.2 Å². The molecule has 0 spiro atoms. The molecule has 0 radical (unpaired) electrons. The van der Waals surface area contributed by atoms with E-state index in [4.69, 9.17) is 0 Å². The van der Waals surface area contributed by atoms with E-state index >= 15 is 0 Å². The molecular weight excluding hydrogens is 428 g/mol. The minimum atomic E-state index is -0.729. The molecule has 0 aliphatic heterocycles. The Balaban J connectivity index is 1.83. The summed E-state index contributed by atoms with van der Waals surface area (Å²) in [6, 6.07) is 23.8. The monoisotopic (exact) mass is 454 g/mol. The summed E-state index contributed by atoms with van der Waals surface area (Å²) in [7, 11) is 0. The van der Waals surface area contributed by atoms with Crippen LogP contribution < -0.4 is 16.6 Å². The number of aryl methyl sites for hydroxylation is 2. The third-order valence-corrected chi connectivity index (χ3v) is 5.56. The van der Waals surface area contributed by atoms with Gasteiger partial charge in [0, 0.05) is 0 Å². The summed E-state index contributed by atoms with van der Waals surface area (Å²) in [6.07, 6.45) is 0. The lowest BCUT2D eigenvalue weighted by Gasteiger charge is -2.16. The smallest absolute Gasteiger partial charge is 0.344 e. The van der Waals surface area contributed by atoms with Gasteiger partial charge in [0.25, 0.3) is 11.5 Å². The minimum absolute atomic E-state index is 0.0281. The second-order valence-corrected chi connectivity index (χ2v) is 8.37. The SMILES string of the molecule is Cc1cc(C)cc(-n2nc(C(=O)N[C@H](C)c3ccccc3)c(=O)n(Cc3ccccc3)c2=O)c1. The van der Waals surface area contributed by atoms with Gasteiger partial charge in [0.2, 0.25) is 5.69 Å². The highest BCUT2D eigenvalue weighted by molar-refractivity contribution is 5.92. The second-order valence-electron chi connectivity index (χ2n) is 8.37. The van der Waals surface area contributed by atoms with Crippen molar-refractivity contribution in [2.75, 3.05) is 0 Å². The first-order chi connectivity index (χ1) is 16.3. The van der Waals surface area contributed by atoms with Crippen LogP contribution in [0.5, 0.6) is 0 Å². The topological polar surface area (TPSA) is 86.0 Å². The van der Waals surface area contributed by atoms with Crippen LogP contribution in [0.1, 0.15) is 45.7 Å². The standard InChI is InChI=1S/C27H26N4O3/c1-18-14-19(2)16-23(15-18)31-27(34)30(17-21-10-6-4-7-11-21)26(33)24(29-31)25(32)28-20(3)22-12-8-5-9-13-22/h4-16,20H,17H2,1-3H3,(H,28,32)/t20-/m1/s1. The highest BCUT2D eigenvalue weighted by atomic mass is 16.2. The zero-order chi connectivity index (χ0) is 24.2. The van der Waals surface area contributed by atoms with Crippen molar-refractivity contribution < 1.29 is 4.79 Å². The predicted octanol–water partition coefficient (Wildman–Crippen LogP) is 3.55. The van der Waals surface area contributed by atoms with Crippen LogP contribution in [0.3, 0.4) is 0 Å². The number of hydrogen-bond donors (Lipinski definition) is 1. The van der Waals surface area contributed by atoms with E-state index in [0.29, 0.717) is 5.69 Å². The van der Waals surface area contributed by atoms with E-state index in [1.54, 1.807) is 12.1 Å². The fourth-order valence-corrected chi connectivity index (χ4v) is 3.89. The first-order valence-electron chi connectivity index (χ1n) is 11.1. The Bertz CT molecular complexity index is 1420. The first-order valence-corrected chi connectivity index (χ1v) is 11.1. The molecule has 4 rings (SSSR count). The number of rotatable bonds is 6. The zero-order valence-electron chi connectivity index (χ0n) is 19.4. The van der Waals surface area contributed by atoms with Gasteiger partial charge in [0.15, 0.2) is 0 Å². The Morgan fingerprint density at radius 3 is 2.12 bits per heavy atom. The van der Waals surface area contributed by atoms with E-state index in [9.17, 15) is 14.4 Å². The van der Waals surface area contributed by atoms with E-state index in [2.05, 4.69) is 10.4 Å². The highest BCUT2D eigenvalue weighted by Crippen LogP contribution is 2.13. The largest absolute Gasteiger partial charge is 0.352 e. The van der Waals surface area contributed by atoms with E-state index in [-0.39, 0.29) is 18.3 Å². The molecule has 1 N–H and O–H groups in total. The molecule has 0 saturated carbocycles. The van der Waals surface area contributed by atoms with Gasteiger partial charge in [-0.05, 0) is 55.2 Å². The number of benzene rings is 3. The lowest BCUT2D eigenvalue weighted by Crippen LogP contribution is -2.46. The van der Waals surface area contributed by atoms with Crippen molar-refractivity contribution in [3.05, 3.63) is 128 Å². The number of hydrogen-bond acceptors (Lipinski definition) is 4. The second kappa shape index (κ2) is 9.70. The number of nitrogens with zero attached hydrogens (tertiary/aromatic N) is 3. The number of aromatic nitrogens is 3. The zero-order valence-corrected chi connectivity index (χ0v) is 19.4. The fourth-order valence-electron chi connectivity index (χ4n) is 3.89. The summed E-state index contributed by atoms with van der Waals surface area (Å²) in [6.45, 7) is 5.68. The van der Waals surface area contributed by atoms with Crippen LogP contribution in [0.2, 0.25) is 0 Å². The van der Waals surface area contributed by atoms with Crippen molar-refractivity contribution in [2.45, 2.75) is 33.4 Å². The van der Waals surface area contributed by atoms with Crippen LogP contribution in [-0.4, -0.2) is 20.3 Å². The average Bonchev–Trinajstić information content (AvgIpc) is 2.82. The van der Waals surface area contributed by atoms with Gasteiger partial charge in [-0.15, -0.1) is 0 Å². The van der Waals surface area contributed by atoms with Crippen LogP contribution in [0.25, 0.3) is 5.69 Å². The van der Waals surface area contributed by atoms with Gasteiger partial charge < -0.3 is 5.32 Å². The Labute approximate surface area is 197 Å². The van der Waals surface area contributed by atoms with E-state index in [1.165, 1.54) is 0 Å². The van der Waals surface area contributed by atoms with Gasteiger partial charge in [0.1, 0.15) is 0 Å². The third kappa shape index (κ3) is 4.88. The van der Waals surface area contributed by atoms with Crippen LogP contribution in [0.4, 0.5) is 0 Å². The van der Waals surface area contributed by atoms with Crippen molar-refractivity contribution in [1.82, 2.24) is 19.7 Å². The average molecular weight is 455 g/mol. The van der Waals surface area contributed by atoms with Crippen LogP contribution in [0.15, 0.2) is 88.5 Å². The molecule has 3 aromatic carbocycles. The Morgan fingerprint density at radius 1 is 0.912 bits per heavy atom. The van der Waals surface area contributed by atoms with Crippen molar-refractivity contribution in [2.24, 2.45) is 0 Å².